The van der Waals surface area contributed by atoms with Crippen LogP contribution in [0.2, 0.25) is 0 Å². The maximum Gasteiger partial charge on any atom is 0.387 e. The summed E-state index contributed by atoms with van der Waals surface area (Å²) in [6.45, 7) is -2.94. The molecule has 0 aliphatic heterocycles. The van der Waals surface area contributed by atoms with Gasteiger partial charge in [0.1, 0.15) is 11.6 Å². The van der Waals surface area contributed by atoms with E-state index in [0.29, 0.717) is 16.7 Å². The fourth-order valence-corrected chi connectivity index (χ4v) is 2.47. The molecule has 21 heavy (non-hydrogen) atoms. The van der Waals surface area contributed by atoms with E-state index in [2.05, 4.69) is 9.72 Å². The molecule has 0 radical (unpaired) electrons. The van der Waals surface area contributed by atoms with Gasteiger partial charge in [-0.2, -0.15) is 8.78 Å². The van der Waals surface area contributed by atoms with Crippen molar-refractivity contribution in [3.8, 4) is 11.4 Å². The zero-order valence-electron chi connectivity index (χ0n) is 10.5. The van der Waals surface area contributed by atoms with E-state index < -0.39 is 12.4 Å². The maximum absolute atomic E-state index is 13.2. The minimum atomic E-state index is -2.94. The van der Waals surface area contributed by atoms with Crippen molar-refractivity contribution in [2.24, 2.45) is 0 Å². The standard InChI is InChI=1S/C14H9F3N2OS/c15-8-5-6-10-9(7-8)18-14(21)19(10)11-3-1-2-4-12(11)20-13(16)17/h1-7,13H,(H,18,21). The molecule has 7 heteroatoms. The lowest BCUT2D eigenvalue weighted by molar-refractivity contribution is -0.0498. The Morgan fingerprint density at radius 2 is 1.90 bits per heavy atom. The minimum absolute atomic E-state index is 0.00572. The van der Waals surface area contributed by atoms with E-state index in [1.807, 2.05) is 0 Å². The van der Waals surface area contributed by atoms with Crippen LogP contribution in [0.1, 0.15) is 0 Å². The van der Waals surface area contributed by atoms with Crippen molar-refractivity contribution >= 4 is 23.3 Å². The van der Waals surface area contributed by atoms with Crippen LogP contribution in [0.25, 0.3) is 16.7 Å². The average molecular weight is 310 g/mol. The van der Waals surface area contributed by atoms with Crippen molar-refractivity contribution in [3.63, 3.8) is 0 Å². The molecule has 0 aliphatic rings. The van der Waals surface area contributed by atoms with Gasteiger partial charge >= 0.3 is 6.61 Å². The van der Waals surface area contributed by atoms with E-state index >= 15 is 0 Å². The summed E-state index contributed by atoms with van der Waals surface area (Å²) in [6.07, 6.45) is 0. The molecule has 0 saturated heterocycles. The highest BCUT2D eigenvalue weighted by Gasteiger charge is 2.14. The highest BCUT2D eigenvalue weighted by molar-refractivity contribution is 7.71. The number of hydrogen-bond acceptors (Lipinski definition) is 2. The van der Waals surface area contributed by atoms with E-state index in [-0.39, 0.29) is 10.5 Å². The lowest BCUT2D eigenvalue weighted by Gasteiger charge is -2.11. The minimum Gasteiger partial charge on any atom is -0.433 e. The fourth-order valence-electron chi connectivity index (χ4n) is 2.16. The van der Waals surface area contributed by atoms with E-state index in [9.17, 15) is 13.2 Å². The molecule has 3 rings (SSSR count). The Morgan fingerprint density at radius 1 is 1.14 bits per heavy atom. The second-order valence-electron chi connectivity index (χ2n) is 4.27. The second-order valence-corrected chi connectivity index (χ2v) is 4.66. The predicted octanol–water partition coefficient (Wildman–Crippen LogP) is 4.43. The van der Waals surface area contributed by atoms with Gasteiger partial charge < -0.3 is 9.72 Å². The molecular formula is C14H9F3N2OS. The molecule has 1 N–H and O–H groups in total. The van der Waals surface area contributed by atoms with Crippen molar-refractivity contribution in [3.05, 3.63) is 53.1 Å². The summed E-state index contributed by atoms with van der Waals surface area (Å²) >= 11 is 5.19. The SMILES string of the molecule is Fc1ccc2c(c1)[nH]c(=S)n2-c1ccccc1OC(F)F. The van der Waals surface area contributed by atoms with Crippen molar-refractivity contribution in [1.82, 2.24) is 9.55 Å². The van der Waals surface area contributed by atoms with Crippen molar-refractivity contribution in [2.45, 2.75) is 6.61 Å². The van der Waals surface area contributed by atoms with Crippen LogP contribution in [0.4, 0.5) is 13.2 Å². The van der Waals surface area contributed by atoms with E-state index in [1.165, 1.54) is 28.8 Å². The van der Waals surface area contributed by atoms with Gasteiger partial charge in [-0.1, -0.05) is 12.1 Å². The summed E-state index contributed by atoms with van der Waals surface area (Å²) in [5, 5.41) is 0. The third-order valence-electron chi connectivity index (χ3n) is 2.97. The number of para-hydroxylation sites is 2. The summed E-state index contributed by atoms with van der Waals surface area (Å²) in [5.74, 6) is -0.420. The summed E-state index contributed by atoms with van der Waals surface area (Å²) in [6, 6.07) is 10.4. The zero-order chi connectivity index (χ0) is 15.0. The average Bonchev–Trinajstić information content (AvgIpc) is 2.74. The second kappa shape index (κ2) is 5.25. The first-order valence-electron chi connectivity index (χ1n) is 6.01. The molecule has 0 atom stereocenters. The lowest BCUT2D eigenvalue weighted by Crippen LogP contribution is -2.06. The van der Waals surface area contributed by atoms with Crippen LogP contribution in [0, 0.1) is 10.6 Å². The number of imidazole rings is 1. The van der Waals surface area contributed by atoms with E-state index in [4.69, 9.17) is 12.2 Å². The van der Waals surface area contributed by atoms with Crippen LogP contribution >= 0.6 is 12.2 Å². The monoisotopic (exact) mass is 310 g/mol. The number of nitrogens with one attached hydrogen (secondary N) is 1. The van der Waals surface area contributed by atoms with Gasteiger partial charge in [-0.15, -0.1) is 0 Å². The van der Waals surface area contributed by atoms with Gasteiger partial charge in [0.25, 0.3) is 0 Å². The number of aromatic nitrogens is 2. The number of hydrogen-bond donors (Lipinski definition) is 1. The van der Waals surface area contributed by atoms with Crippen LogP contribution < -0.4 is 4.74 Å². The van der Waals surface area contributed by atoms with E-state index in [1.54, 1.807) is 18.2 Å². The summed E-state index contributed by atoms with van der Waals surface area (Å²) < 4.78 is 44.5. The third kappa shape index (κ3) is 2.52. The smallest absolute Gasteiger partial charge is 0.387 e. The molecule has 0 aliphatic carbocycles. The van der Waals surface area contributed by atoms with Gasteiger partial charge in [0.05, 0.1) is 16.7 Å². The van der Waals surface area contributed by atoms with Gasteiger partial charge in [0.15, 0.2) is 4.77 Å². The molecule has 0 amide bonds. The number of ether oxygens (including phenoxy) is 1. The maximum atomic E-state index is 13.2. The molecule has 0 spiro atoms. The number of H-pyrrole nitrogens is 1. The fraction of sp³-hybridized carbons (Fsp3) is 0.0714. The number of alkyl halides is 2. The molecule has 0 saturated carbocycles. The van der Waals surface area contributed by atoms with Crippen molar-refractivity contribution in [1.29, 1.82) is 0 Å². The van der Waals surface area contributed by atoms with Crippen LogP contribution in [-0.4, -0.2) is 16.2 Å². The summed E-state index contributed by atoms with van der Waals surface area (Å²) in [5.41, 5.74) is 1.42. The van der Waals surface area contributed by atoms with Gasteiger partial charge in [0.2, 0.25) is 0 Å². The molecule has 0 fully saturated rings. The lowest BCUT2D eigenvalue weighted by atomic mass is 10.2. The quantitative estimate of drug-likeness (QED) is 0.725. The topological polar surface area (TPSA) is 29.9 Å². The van der Waals surface area contributed by atoms with Crippen LogP contribution in [0.5, 0.6) is 5.75 Å². The molecule has 0 unspecified atom stereocenters. The Bertz CT molecular complexity index is 857. The van der Waals surface area contributed by atoms with Gasteiger partial charge in [-0.3, -0.25) is 4.57 Å². The number of fused-ring (bicyclic) bond motifs is 1. The van der Waals surface area contributed by atoms with Crippen LogP contribution in [-0.2, 0) is 0 Å². The highest BCUT2D eigenvalue weighted by Crippen LogP contribution is 2.28. The number of aromatic amines is 1. The van der Waals surface area contributed by atoms with Crippen LogP contribution in [0.3, 0.4) is 0 Å². The Hall–Kier alpha value is -2.28. The molecule has 1 aromatic heterocycles. The van der Waals surface area contributed by atoms with Gasteiger partial charge in [0, 0.05) is 0 Å². The number of benzene rings is 2. The largest absolute Gasteiger partial charge is 0.433 e. The number of nitrogens with zero attached hydrogens (tertiary/aromatic N) is 1. The first-order chi connectivity index (χ1) is 10.1. The molecule has 0 bridgehead atoms. The summed E-state index contributed by atoms with van der Waals surface area (Å²) in [7, 11) is 0. The number of halogens is 3. The Kier molecular flexibility index (Phi) is 3.42. The molecular weight excluding hydrogens is 301 g/mol. The normalized spacial score (nSPS) is 11.2. The molecule has 1 heterocycles. The number of rotatable bonds is 3. The molecule has 2 aromatic carbocycles. The molecule has 108 valence electrons. The van der Waals surface area contributed by atoms with Crippen LogP contribution in [0.15, 0.2) is 42.5 Å². The highest BCUT2D eigenvalue weighted by atomic mass is 32.1. The first-order valence-corrected chi connectivity index (χ1v) is 6.41. The summed E-state index contributed by atoms with van der Waals surface area (Å²) in [4.78, 5) is 2.84. The predicted molar refractivity (Wildman–Crippen MR) is 75.0 cm³/mol. The molecule has 3 nitrogen and oxygen atoms in total. The zero-order valence-corrected chi connectivity index (χ0v) is 11.3. The Balaban J connectivity index is 2.26. The Labute approximate surface area is 122 Å². The Morgan fingerprint density at radius 3 is 2.67 bits per heavy atom. The van der Waals surface area contributed by atoms with Crippen molar-refractivity contribution in [2.75, 3.05) is 0 Å². The van der Waals surface area contributed by atoms with Gasteiger partial charge in [-0.05, 0) is 42.5 Å². The van der Waals surface area contributed by atoms with Gasteiger partial charge in [-0.25, -0.2) is 4.39 Å². The van der Waals surface area contributed by atoms with E-state index in [0.717, 1.165) is 0 Å². The third-order valence-corrected chi connectivity index (χ3v) is 3.25. The van der Waals surface area contributed by atoms with Crippen molar-refractivity contribution < 1.29 is 17.9 Å². The molecule has 3 aromatic rings. The first kappa shape index (κ1) is 13.7.